The number of hydrogen-bond donors (Lipinski definition) is 2. The molecule has 2 aliphatic carbocycles. The Hall–Kier alpha value is -1.77. The van der Waals surface area contributed by atoms with Crippen molar-refractivity contribution in [2.75, 3.05) is 23.7 Å². The SMILES string of the molecule is O=C(CSc1nnc(N2CCCC2)n1C1CC1)NC(=O)NC1CCCC1. The summed E-state index contributed by atoms with van der Waals surface area (Å²) in [6.07, 6.45) is 8.96. The number of urea groups is 1. The van der Waals surface area contributed by atoms with Crippen molar-refractivity contribution >= 4 is 29.6 Å². The van der Waals surface area contributed by atoms with Crippen LogP contribution in [0.25, 0.3) is 0 Å². The first-order valence-electron chi connectivity index (χ1n) is 9.63. The minimum atomic E-state index is -0.385. The molecule has 4 rings (SSSR count). The lowest BCUT2D eigenvalue weighted by molar-refractivity contribution is -0.117. The average Bonchev–Trinajstić information content (AvgIpc) is 3.06. The number of hydrogen-bond acceptors (Lipinski definition) is 6. The van der Waals surface area contributed by atoms with E-state index in [0.29, 0.717) is 6.04 Å². The molecule has 1 saturated heterocycles. The van der Waals surface area contributed by atoms with Crippen LogP contribution in [0.15, 0.2) is 5.16 Å². The first-order chi connectivity index (χ1) is 12.7. The molecule has 142 valence electrons. The lowest BCUT2D eigenvalue weighted by atomic mass is 10.2. The third-order valence-corrected chi connectivity index (χ3v) is 6.17. The zero-order chi connectivity index (χ0) is 17.9. The second-order valence-corrected chi connectivity index (χ2v) is 8.31. The lowest BCUT2D eigenvalue weighted by Gasteiger charge is -2.17. The minimum Gasteiger partial charge on any atom is -0.341 e. The molecule has 0 bridgehead atoms. The molecule has 26 heavy (non-hydrogen) atoms. The summed E-state index contributed by atoms with van der Waals surface area (Å²) in [4.78, 5) is 26.3. The molecule has 1 aromatic heterocycles. The summed E-state index contributed by atoms with van der Waals surface area (Å²) in [5.41, 5.74) is 0. The summed E-state index contributed by atoms with van der Waals surface area (Å²) in [5.74, 6) is 0.814. The summed E-state index contributed by atoms with van der Waals surface area (Å²) in [5, 5.41) is 14.8. The third kappa shape index (κ3) is 4.13. The Morgan fingerprint density at radius 3 is 2.46 bits per heavy atom. The molecule has 3 amide bonds. The van der Waals surface area contributed by atoms with Crippen LogP contribution in [0.5, 0.6) is 0 Å². The number of aromatic nitrogens is 3. The van der Waals surface area contributed by atoms with E-state index >= 15 is 0 Å². The first kappa shape index (κ1) is 17.6. The molecule has 3 fully saturated rings. The van der Waals surface area contributed by atoms with Crippen LogP contribution in [0.2, 0.25) is 0 Å². The van der Waals surface area contributed by atoms with Crippen LogP contribution in [-0.2, 0) is 4.79 Å². The molecule has 2 heterocycles. The molecule has 2 saturated carbocycles. The molecule has 1 aromatic rings. The second-order valence-electron chi connectivity index (χ2n) is 7.37. The van der Waals surface area contributed by atoms with Crippen molar-refractivity contribution in [3.8, 4) is 0 Å². The zero-order valence-corrected chi connectivity index (χ0v) is 15.8. The topological polar surface area (TPSA) is 92.2 Å². The van der Waals surface area contributed by atoms with Crippen molar-refractivity contribution < 1.29 is 9.59 Å². The number of anilines is 1. The highest BCUT2D eigenvalue weighted by molar-refractivity contribution is 7.99. The quantitative estimate of drug-likeness (QED) is 0.737. The van der Waals surface area contributed by atoms with Gasteiger partial charge in [-0.25, -0.2) is 4.79 Å². The Morgan fingerprint density at radius 1 is 1.04 bits per heavy atom. The maximum absolute atomic E-state index is 12.1. The summed E-state index contributed by atoms with van der Waals surface area (Å²) in [6.45, 7) is 2.05. The highest BCUT2D eigenvalue weighted by Crippen LogP contribution is 2.41. The highest BCUT2D eigenvalue weighted by atomic mass is 32.2. The van der Waals surface area contributed by atoms with E-state index < -0.39 is 0 Å². The van der Waals surface area contributed by atoms with Gasteiger partial charge in [0.05, 0.1) is 5.75 Å². The van der Waals surface area contributed by atoms with Gasteiger partial charge in [-0.1, -0.05) is 24.6 Å². The fourth-order valence-corrected chi connectivity index (χ4v) is 4.54. The van der Waals surface area contributed by atoms with Gasteiger partial charge < -0.3 is 10.2 Å². The number of thioether (sulfide) groups is 1. The molecule has 0 atom stereocenters. The van der Waals surface area contributed by atoms with Crippen molar-refractivity contribution in [2.24, 2.45) is 0 Å². The Kier molecular flexibility index (Phi) is 5.33. The fraction of sp³-hybridized carbons (Fsp3) is 0.765. The average molecular weight is 379 g/mol. The minimum absolute atomic E-state index is 0.170. The van der Waals surface area contributed by atoms with E-state index in [9.17, 15) is 9.59 Å². The van der Waals surface area contributed by atoms with Crippen LogP contribution in [-0.4, -0.2) is 51.6 Å². The van der Waals surface area contributed by atoms with Crippen LogP contribution in [0, 0.1) is 0 Å². The van der Waals surface area contributed by atoms with Gasteiger partial charge in [-0.15, -0.1) is 10.2 Å². The van der Waals surface area contributed by atoms with Gasteiger partial charge in [0, 0.05) is 25.2 Å². The monoisotopic (exact) mass is 378 g/mol. The smallest absolute Gasteiger partial charge is 0.321 e. The highest BCUT2D eigenvalue weighted by Gasteiger charge is 2.32. The van der Waals surface area contributed by atoms with E-state index in [1.54, 1.807) is 0 Å². The summed E-state index contributed by atoms with van der Waals surface area (Å²) < 4.78 is 2.18. The van der Waals surface area contributed by atoms with Crippen LogP contribution in [0.1, 0.15) is 57.4 Å². The van der Waals surface area contributed by atoms with Gasteiger partial charge in [-0.2, -0.15) is 0 Å². The van der Waals surface area contributed by atoms with Crippen molar-refractivity contribution in [1.82, 2.24) is 25.4 Å². The van der Waals surface area contributed by atoms with E-state index in [0.717, 1.165) is 62.7 Å². The van der Waals surface area contributed by atoms with Crippen LogP contribution in [0.3, 0.4) is 0 Å². The fourth-order valence-electron chi connectivity index (χ4n) is 3.74. The van der Waals surface area contributed by atoms with Gasteiger partial charge in [0.2, 0.25) is 11.9 Å². The maximum atomic E-state index is 12.1. The number of nitrogens with one attached hydrogen (secondary N) is 2. The number of rotatable bonds is 6. The van der Waals surface area contributed by atoms with E-state index in [1.807, 2.05) is 0 Å². The largest absolute Gasteiger partial charge is 0.341 e. The van der Waals surface area contributed by atoms with E-state index in [4.69, 9.17) is 0 Å². The van der Waals surface area contributed by atoms with Gasteiger partial charge in [-0.3, -0.25) is 14.7 Å². The first-order valence-corrected chi connectivity index (χ1v) is 10.6. The number of imide groups is 1. The van der Waals surface area contributed by atoms with E-state index in [2.05, 4.69) is 30.3 Å². The van der Waals surface area contributed by atoms with Gasteiger partial charge in [0.15, 0.2) is 5.16 Å². The van der Waals surface area contributed by atoms with Crippen LogP contribution >= 0.6 is 11.8 Å². The number of amides is 3. The molecule has 0 radical (unpaired) electrons. The second kappa shape index (κ2) is 7.85. The Balaban J connectivity index is 1.31. The third-order valence-electron chi connectivity index (χ3n) is 5.22. The summed E-state index contributed by atoms with van der Waals surface area (Å²) >= 11 is 1.36. The van der Waals surface area contributed by atoms with Crippen molar-refractivity contribution in [2.45, 2.75) is 68.6 Å². The molecule has 3 aliphatic rings. The molecular formula is C17H26N6O2S. The normalized spacial score (nSPS) is 20.5. The Labute approximate surface area is 157 Å². The van der Waals surface area contributed by atoms with E-state index in [1.165, 1.54) is 24.6 Å². The molecule has 0 spiro atoms. The predicted molar refractivity (Wildman–Crippen MR) is 99.4 cm³/mol. The lowest BCUT2D eigenvalue weighted by Crippen LogP contribution is -2.44. The summed E-state index contributed by atoms with van der Waals surface area (Å²) in [7, 11) is 0. The molecule has 9 heteroatoms. The standard InChI is InChI=1S/C17H26N6O2S/c24-14(19-15(25)18-12-5-1-2-6-12)11-26-17-21-20-16(22-9-3-4-10-22)23(17)13-7-8-13/h12-13H,1-11H2,(H2,18,19,24,25). The van der Waals surface area contributed by atoms with Crippen molar-refractivity contribution in [3.05, 3.63) is 0 Å². The maximum Gasteiger partial charge on any atom is 0.321 e. The van der Waals surface area contributed by atoms with Crippen LogP contribution in [0.4, 0.5) is 10.7 Å². The van der Waals surface area contributed by atoms with Gasteiger partial charge >= 0.3 is 6.03 Å². The molecule has 8 nitrogen and oxygen atoms in total. The Morgan fingerprint density at radius 2 is 1.77 bits per heavy atom. The molecular weight excluding hydrogens is 352 g/mol. The van der Waals surface area contributed by atoms with E-state index in [-0.39, 0.29) is 23.7 Å². The molecule has 2 N–H and O–H groups in total. The number of carbonyl (C=O) groups excluding carboxylic acids is 2. The Bertz CT molecular complexity index is 662. The van der Waals surface area contributed by atoms with Crippen molar-refractivity contribution in [1.29, 1.82) is 0 Å². The predicted octanol–water partition coefficient (Wildman–Crippen LogP) is 2.07. The zero-order valence-electron chi connectivity index (χ0n) is 14.9. The van der Waals surface area contributed by atoms with Gasteiger partial charge in [0.1, 0.15) is 0 Å². The van der Waals surface area contributed by atoms with Gasteiger partial charge in [0.25, 0.3) is 0 Å². The molecule has 1 aliphatic heterocycles. The van der Waals surface area contributed by atoms with Gasteiger partial charge in [-0.05, 0) is 38.5 Å². The number of nitrogens with zero attached hydrogens (tertiary/aromatic N) is 4. The summed E-state index contributed by atoms with van der Waals surface area (Å²) in [6, 6.07) is 0.275. The van der Waals surface area contributed by atoms with Crippen LogP contribution < -0.4 is 15.5 Å². The van der Waals surface area contributed by atoms with Crippen molar-refractivity contribution in [3.63, 3.8) is 0 Å². The molecule has 0 aromatic carbocycles. The number of carbonyl (C=O) groups is 2. The molecule has 0 unspecified atom stereocenters.